The van der Waals surface area contributed by atoms with Crippen LogP contribution < -0.4 is 0 Å². The maximum absolute atomic E-state index is 14.0. The first-order chi connectivity index (χ1) is 16.0. The lowest BCUT2D eigenvalue weighted by molar-refractivity contribution is -0.117. The minimum Gasteiger partial charge on any atom is -0.412 e. The van der Waals surface area contributed by atoms with Crippen LogP contribution in [0.1, 0.15) is 122 Å². The van der Waals surface area contributed by atoms with Gasteiger partial charge in [-0.3, -0.25) is 4.79 Å². The Balaban J connectivity index is 0.00000306. The number of hydrogen-bond acceptors (Lipinski definition) is 1. The molecule has 0 radical (unpaired) electrons. The van der Waals surface area contributed by atoms with Crippen molar-refractivity contribution in [1.82, 2.24) is 0 Å². The summed E-state index contributed by atoms with van der Waals surface area (Å²) in [5.74, 6) is 1.33. The average Bonchev–Trinajstić information content (AvgIpc) is 3.31. The molecule has 3 rings (SSSR count). The van der Waals surface area contributed by atoms with E-state index < -0.39 is 0 Å². The van der Waals surface area contributed by atoms with Crippen molar-refractivity contribution in [2.75, 3.05) is 0 Å². The van der Waals surface area contributed by atoms with Gasteiger partial charge < -0.3 is 5.48 Å². The summed E-state index contributed by atoms with van der Waals surface area (Å²) in [6.07, 6.45) is 21.5. The van der Waals surface area contributed by atoms with Crippen molar-refractivity contribution >= 4 is 5.78 Å². The Morgan fingerprint density at radius 3 is 2.40 bits per heavy atom. The van der Waals surface area contributed by atoms with Crippen molar-refractivity contribution in [3.63, 3.8) is 0 Å². The quantitative estimate of drug-likeness (QED) is 0.168. The fourth-order valence-corrected chi connectivity index (χ4v) is 5.66. The van der Waals surface area contributed by atoms with Gasteiger partial charge in [0.25, 0.3) is 0 Å². The molecule has 0 saturated heterocycles. The summed E-state index contributed by atoms with van der Waals surface area (Å²) in [5, 5.41) is 0. The lowest BCUT2D eigenvalue weighted by Gasteiger charge is -2.24. The molecule has 0 bridgehead atoms. The highest BCUT2D eigenvalue weighted by atomic mass is 16.1. The molecule has 1 saturated carbocycles. The monoisotopic (exact) mass is 478 g/mol. The van der Waals surface area contributed by atoms with E-state index in [1.807, 2.05) is 6.08 Å². The van der Waals surface area contributed by atoms with E-state index in [1.165, 1.54) is 48.8 Å². The second-order valence-electron chi connectivity index (χ2n) is 10.3. The molecule has 0 aromatic heterocycles. The molecule has 0 spiro atoms. The molecule has 2 aliphatic carbocycles. The topological polar surface area (TPSA) is 48.6 Å². The van der Waals surface area contributed by atoms with Gasteiger partial charge in [-0.2, -0.15) is 0 Å². The number of ketones is 1. The maximum Gasteiger partial charge on any atom is 0.166 e. The normalized spacial score (nSPS) is 17.2. The zero-order chi connectivity index (χ0) is 23.6. The van der Waals surface area contributed by atoms with E-state index in [1.54, 1.807) is 11.6 Å². The van der Waals surface area contributed by atoms with Crippen molar-refractivity contribution in [3.8, 4) is 0 Å². The van der Waals surface area contributed by atoms with Crippen LogP contribution in [0.2, 0.25) is 0 Å². The van der Waals surface area contributed by atoms with Gasteiger partial charge in [0, 0.05) is 0 Å². The second kappa shape index (κ2) is 15.7. The van der Waals surface area contributed by atoms with Gasteiger partial charge in [-0.1, -0.05) is 127 Å². The predicted molar refractivity (Wildman–Crippen MR) is 153 cm³/mol. The fourth-order valence-electron chi connectivity index (χ4n) is 5.66. The van der Waals surface area contributed by atoms with Crippen molar-refractivity contribution in [2.24, 2.45) is 5.92 Å². The van der Waals surface area contributed by atoms with Gasteiger partial charge in [0.2, 0.25) is 0 Å². The average molecular weight is 479 g/mol. The number of Topliss-reactive ketones (excluding diaryl/α,β-unsaturated/α-hetero) is 1. The molecule has 1 fully saturated rings. The third-order valence-electron chi connectivity index (χ3n) is 7.54. The van der Waals surface area contributed by atoms with Crippen molar-refractivity contribution < 1.29 is 10.3 Å². The summed E-state index contributed by atoms with van der Waals surface area (Å²) < 4.78 is 0. The number of carbonyl (C=O) groups excluding carboxylic acids is 1. The van der Waals surface area contributed by atoms with Crippen LogP contribution in [0.3, 0.4) is 0 Å². The number of carbonyl (C=O) groups is 1. The van der Waals surface area contributed by atoms with E-state index in [9.17, 15) is 4.79 Å². The highest BCUT2D eigenvalue weighted by Gasteiger charge is 2.28. The lowest BCUT2D eigenvalue weighted by atomic mass is 9.79. The van der Waals surface area contributed by atoms with Crippen LogP contribution in [0.4, 0.5) is 0 Å². The van der Waals surface area contributed by atoms with Crippen LogP contribution in [0.15, 0.2) is 71.9 Å². The largest absolute Gasteiger partial charge is 0.412 e. The van der Waals surface area contributed by atoms with Gasteiger partial charge in [0.1, 0.15) is 0 Å². The molecule has 1 aromatic carbocycles. The maximum atomic E-state index is 14.0. The zero-order valence-corrected chi connectivity index (χ0v) is 21.7. The van der Waals surface area contributed by atoms with E-state index in [-0.39, 0.29) is 18.8 Å². The first kappa shape index (κ1) is 30.8. The molecular formula is C33H50O2. The van der Waals surface area contributed by atoms with Gasteiger partial charge in [0.05, 0.1) is 5.92 Å². The standard InChI is InChI=1S/C32H44O.CH4.H2O/c1-5-7-9-17-27(14-6-2)32(33)31(30-19-13-12-18-29(30)24(3)4)23-25-20-21-28(22-25)26-15-10-8-11-16-26;;/h6,12-14,18-20,22,24,26,31H,2,5,7-11,15-17,21,23H2,1,3-4H3;1H4;1H2/b27-14+;;. The number of unbranched alkanes of at least 4 members (excludes halogenated alkanes) is 2. The first-order valence-electron chi connectivity index (χ1n) is 13.4. The summed E-state index contributed by atoms with van der Waals surface area (Å²) in [6.45, 7) is 10.6. The Morgan fingerprint density at radius 1 is 1.09 bits per heavy atom. The highest BCUT2D eigenvalue weighted by molar-refractivity contribution is 6.01. The minimum absolute atomic E-state index is 0. The third-order valence-corrected chi connectivity index (χ3v) is 7.54. The molecule has 194 valence electrons. The molecular weight excluding hydrogens is 428 g/mol. The van der Waals surface area contributed by atoms with Gasteiger partial charge in [-0.15, -0.1) is 0 Å². The van der Waals surface area contributed by atoms with E-state index in [0.29, 0.717) is 11.7 Å². The van der Waals surface area contributed by atoms with Gasteiger partial charge in [-0.25, -0.2) is 0 Å². The second-order valence-corrected chi connectivity index (χ2v) is 10.3. The molecule has 2 aliphatic rings. The Hall–Kier alpha value is -2.19. The predicted octanol–water partition coefficient (Wildman–Crippen LogP) is 9.19. The summed E-state index contributed by atoms with van der Waals surface area (Å²) in [7, 11) is 0. The van der Waals surface area contributed by atoms with E-state index in [0.717, 1.165) is 50.0 Å². The summed E-state index contributed by atoms with van der Waals surface area (Å²) in [4.78, 5) is 14.0. The van der Waals surface area contributed by atoms with Gasteiger partial charge in [0.15, 0.2) is 5.78 Å². The van der Waals surface area contributed by atoms with E-state index in [2.05, 4.69) is 63.8 Å². The van der Waals surface area contributed by atoms with Crippen LogP contribution in [0.25, 0.3) is 0 Å². The summed E-state index contributed by atoms with van der Waals surface area (Å²) in [6, 6.07) is 8.61. The smallest absolute Gasteiger partial charge is 0.166 e. The van der Waals surface area contributed by atoms with Crippen molar-refractivity contribution in [1.29, 1.82) is 0 Å². The summed E-state index contributed by atoms with van der Waals surface area (Å²) in [5.41, 5.74) is 6.43. The van der Waals surface area contributed by atoms with Crippen molar-refractivity contribution in [2.45, 2.75) is 111 Å². The van der Waals surface area contributed by atoms with Crippen LogP contribution >= 0.6 is 0 Å². The SMILES string of the molecule is C.C=C/C=C(\CCCCC)C(=O)C(CC1=CCC(C2CCCCC2)=C1)c1ccccc1C(C)C.O. The molecule has 2 heteroatoms. The molecule has 2 N–H and O–H groups in total. The van der Waals surface area contributed by atoms with Gasteiger partial charge >= 0.3 is 0 Å². The third kappa shape index (κ3) is 8.46. The Bertz CT molecular complexity index is 893. The molecule has 1 atom stereocenters. The lowest BCUT2D eigenvalue weighted by Crippen LogP contribution is -2.18. The number of hydrogen-bond donors (Lipinski definition) is 0. The Morgan fingerprint density at radius 2 is 1.77 bits per heavy atom. The fraction of sp³-hybridized carbons (Fsp3) is 0.545. The van der Waals surface area contributed by atoms with Crippen LogP contribution in [-0.4, -0.2) is 11.3 Å². The molecule has 1 aromatic rings. The van der Waals surface area contributed by atoms with E-state index >= 15 is 0 Å². The molecule has 0 aliphatic heterocycles. The number of benzene rings is 1. The highest BCUT2D eigenvalue weighted by Crippen LogP contribution is 2.39. The number of rotatable bonds is 12. The molecule has 1 unspecified atom stereocenters. The van der Waals surface area contributed by atoms with E-state index in [4.69, 9.17) is 0 Å². The summed E-state index contributed by atoms with van der Waals surface area (Å²) >= 11 is 0. The molecule has 2 nitrogen and oxygen atoms in total. The van der Waals surface area contributed by atoms with Crippen LogP contribution in [0, 0.1) is 5.92 Å². The molecule has 35 heavy (non-hydrogen) atoms. The zero-order valence-electron chi connectivity index (χ0n) is 21.7. The van der Waals surface area contributed by atoms with Crippen LogP contribution in [0.5, 0.6) is 0 Å². The Labute approximate surface area is 215 Å². The van der Waals surface area contributed by atoms with Crippen LogP contribution in [-0.2, 0) is 4.79 Å². The van der Waals surface area contributed by atoms with Gasteiger partial charge in [-0.05, 0) is 67.1 Å². The number of allylic oxidation sites excluding steroid dienone is 7. The molecule has 0 amide bonds. The molecule has 0 heterocycles. The minimum atomic E-state index is -0.121. The Kier molecular flexibility index (Phi) is 13.9. The first-order valence-corrected chi connectivity index (χ1v) is 13.4. The van der Waals surface area contributed by atoms with Crippen molar-refractivity contribution in [3.05, 3.63) is 83.0 Å².